The van der Waals surface area contributed by atoms with Crippen LogP contribution in [0.4, 0.5) is 0 Å². The van der Waals surface area contributed by atoms with Crippen LogP contribution in [0.15, 0.2) is 0 Å². The lowest BCUT2D eigenvalue weighted by Crippen LogP contribution is -2.36. The molecule has 0 aliphatic heterocycles. The molecule has 13 heavy (non-hydrogen) atoms. The van der Waals surface area contributed by atoms with Gasteiger partial charge in [0.1, 0.15) is 0 Å². The van der Waals surface area contributed by atoms with Crippen LogP contribution >= 0.6 is 0 Å². The van der Waals surface area contributed by atoms with E-state index in [2.05, 4.69) is 36.9 Å². The highest BCUT2D eigenvalue weighted by Crippen LogP contribution is 1.89. The molecule has 0 saturated heterocycles. The Hall–Kier alpha value is -0.520. The normalized spacial score (nSPS) is 12.8. The highest BCUT2D eigenvalue weighted by Gasteiger charge is 2.01. The predicted molar refractivity (Wildman–Crippen MR) is 58.7 cm³/mol. The van der Waals surface area contributed by atoms with Crippen molar-refractivity contribution >= 4 is 0 Å². The summed E-state index contributed by atoms with van der Waals surface area (Å²) >= 11 is 0. The molecule has 0 aliphatic rings. The van der Waals surface area contributed by atoms with Gasteiger partial charge in [-0.05, 0) is 19.5 Å². The fourth-order valence-corrected chi connectivity index (χ4v) is 1.26. The van der Waals surface area contributed by atoms with Crippen molar-refractivity contribution in [1.29, 1.82) is 0 Å². The smallest absolute Gasteiger partial charge is 0.0684 e. The molecule has 0 bridgehead atoms. The zero-order valence-electron chi connectivity index (χ0n) is 9.14. The second-order valence-corrected chi connectivity index (χ2v) is 3.11. The first-order valence-corrected chi connectivity index (χ1v) is 5.20. The molecule has 0 rings (SSSR count). The SMILES string of the molecule is C#CC(CC)NCCN(CC)CC. The summed E-state index contributed by atoms with van der Waals surface area (Å²) in [6.07, 6.45) is 6.35. The van der Waals surface area contributed by atoms with Gasteiger partial charge in [0.25, 0.3) is 0 Å². The van der Waals surface area contributed by atoms with E-state index >= 15 is 0 Å². The summed E-state index contributed by atoms with van der Waals surface area (Å²) in [7, 11) is 0. The molecule has 2 nitrogen and oxygen atoms in total. The summed E-state index contributed by atoms with van der Waals surface area (Å²) in [4.78, 5) is 2.39. The van der Waals surface area contributed by atoms with Crippen LogP contribution in [0.3, 0.4) is 0 Å². The minimum atomic E-state index is 0.246. The molecule has 0 aromatic heterocycles. The van der Waals surface area contributed by atoms with Crippen LogP contribution in [0.1, 0.15) is 27.2 Å². The number of nitrogens with one attached hydrogen (secondary N) is 1. The largest absolute Gasteiger partial charge is 0.303 e. The molecule has 0 amide bonds. The zero-order chi connectivity index (χ0) is 10.1. The average Bonchev–Trinajstić information content (AvgIpc) is 2.19. The first kappa shape index (κ1) is 12.5. The Bertz CT molecular complexity index is 145. The van der Waals surface area contributed by atoms with Crippen molar-refractivity contribution in [1.82, 2.24) is 10.2 Å². The Morgan fingerprint density at radius 2 is 1.92 bits per heavy atom. The van der Waals surface area contributed by atoms with Crippen molar-refractivity contribution in [2.45, 2.75) is 33.2 Å². The number of hydrogen-bond acceptors (Lipinski definition) is 2. The summed E-state index contributed by atoms with van der Waals surface area (Å²) < 4.78 is 0. The van der Waals surface area contributed by atoms with Gasteiger partial charge in [0.15, 0.2) is 0 Å². The number of nitrogens with zero attached hydrogens (tertiary/aromatic N) is 1. The van der Waals surface area contributed by atoms with E-state index in [1.54, 1.807) is 0 Å². The maximum atomic E-state index is 5.34. The van der Waals surface area contributed by atoms with Gasteiger partial charge >= 0.3 is 0 Å². The summed E-state index contributed by atoms with van der Waals surface area (Å²) in [5.74, 6) is 2.73. The lowest BCUT2D eigenvalue weighted by Gasteiger charge is -2.19. The van der Waals surface area contributed by atoms with E-state index in [1.165, 1.54) is 0 Å². The van der Waals surface area contributed by atoms with Crippen molar-refractivity contribution in [2.75, 3.05) is 26.2 Å². The number of rotatable bonds is 7. The fraction of sp³-hybridized carbons (Fsp3) is 0.818. The predicted octanol–water partition coefficient (Wildman–Crippen LogP) is 1.33. The van der Waals surface area contributed by atoms with Crippen LogP contribution < -0.4 is 5.32 Å². The molecule has 0 aromatic carbocycles. The first-order valence-electron chi connectivity index (χ1n) is 5.20. The lowest BCUT2D eigenvalue weighted by molar-refractivity contribution is 0.299. The highest BCUT2D eigenvalue weighted by atomic mass is 15.1. The molecule has 0 heterocycles. The van der Waals surface area contributed by atoms with E-state index in [4.69, 9.17) is 6.42 Å². The molecular formula is C11H22N2. The van der Waals surface area contributed by atoms with Crippen LogP contribution in [0, 0.1) is 12.3 Å². The van der Waals surface area contributed by atoms with Crippen molar-refractivity contribution < 1.29 is 0 Å². The number of likely N-dealkylation sites (N-methyl/N-ethyl adjacent to an activating group) is 1. The maximum Gasteiger partial charge on any atom is 0.0684 e. The van der Waals surface area contributed by atoms with E-state index in [0.717, 1.165) is 32.6 Å². The Morgan fingerprint density at radius 1 is 1.31 bits per heavy atom. The molecule has 1 unspecified atom stereocenters. The summed E-state index contributed by atoms with van der Waals surface area (Å²) in [6, 6.07) is 0.246. The third kappa shape index (κ3) is 5.68. The van der Waals surface area contributed by atoms with Gasteiger partial charge in [0.05, 0.1) is 6.04 Å². The van der Waals surface area contributed by atoms with E-state index in [0.29, 0.717) is 0 Å². The molecular weight excluding hydrogens is 160 g/mol. The second-order valence-electron chi connectivity index (χ2n) is 3.11. The van der Waals surface area contributed by atoms with Gasteiger partial charge in [-0.15, -0.1) is 6.42 Å². The first-order chi connectivity index (χ1) is 6.28. The minimum Gasteiger partial charge on any atom is -0.303 e. The van der Waals surface area contributed by atoms with Crippen molar-refractivity contribution in [3.63, 3.8) is 0 Å². The molecule has 1 N–H and O–H groups in total. The Balaban J connectivity index is 3.48. The van der Waals surface area contributed by atoms with Crippen LogP contribution in [-0.2, 0) is 0 Å². The molecule has 0 fully saturated rings. The topological polar surface area (TPSA) is 15.3 Å². The molecule has 2 heteroatoms. The zero-order valence-corrected chi connectivity index (χ0v) is 9.14. The van der Waals surface area contributed by atoms with E-state index in [1.807, 2.05) is 0 Å². The average molecular weight is 182 g/mol. The number of hydrogen-bond donors (Lipinski definition) is 1. The monoisotopic (exact) mass is 182 g/mol. The lowest BCUT2D eigenvalue weighted by atomic mass is 10.2. The maximum absolute atomic E-state index is 5.34. The third-order valence-electron chi connectivity index (χ3n) is 2.32. The molecule has 0 saturated carbocycles. The van der Waals surface area contributed by atoms with Crippen LogP contribution in [0.2, 0.25) is 0 Å². The Labute approximate surface area is 82.7 Å². The van der Waals surface area contributed by atoms with Crippen molar-refractivity contribution in [3.05, 3.63) is 0 Å². The van der Waals surface area contributed by atoms with Gasteiger partial charge in [0, 0.05) is 13.1 Å². The molecule has 76 valence electrons. The second kappa shape index (κ2) is 8.10. The van der Waals surface area contributed by atoms with E-state index < -0.39 is 0 Å². The van der Waals surface area contributed by atoms with E-state index in [-0.39, 0.29) is 6.04 Å². The molecule has 0 radical (unpaired) electrons. The Morgan fingerprint density at radius 3 is 2.31 bits per heavy atom. The van der Waals surface area contributed by atoms with E-state index in [9.17, 15) is 0 Å². The van der Waals surface area contributed by atoms with Gasteiger partial charge < -0.3 is 10.2 Å². The van der Waals surface area contributed by atoms with Gasteiger partial charge in [-0.1, -0.05) is 26.7 Å². The van der Waals surface area contributed by atoms with Crippen molar-refractivity contribution in [3.8, 4) is 12.3 Å². The highest BCUT2D eigenvalue weighted by molar-refractivity contribution is 4.97. The van der Waals surface area contributed by atoms with Crippen LogP contribution in [0.25, 0.3) is 0 Å². The molecule has 1 atom stereocenters. The number of terminal acetylenes is 1. The molecule has 0 spiro atoms. The van der Waals surface area contributed by atoms with Crippen LogP contribution in [0.5, 0.6) is 0 Å². The summed E-state index contributed by atoms with van der Waals surface area (Å²) in [5.41, 5.74) is 0. The quantitative estimate of drug-likeness (QED) is 0.598. The minimum absolute atomic E-state index is 0.246. The standard InChI is InChI=1S/C11H22N2/c1-5-11(6-2)12-9-10-13(7-3)8-4/h1,11-12H,6-10H2,2-4H3. The molecule has 0 aromatic rings. The summed E-state index contributed by atoms with van der Waals surface area (Å²) in [5, 5.41) is 3.34. The Kier molecular flexibility index (Phi) is 7.77. The van der Waals surface area contributed by atoms with Gasteiger partial charge in [0.2, 0.25) is 0 Å². The fourth-order valence-electron chi connectivity index (χ4n) is 1.26. The third-order valence-corrected chi connectivity index (χ3v) is 2.32. The molecule has 0 aliphatic carbocycles. The van der Waals surface area contributed by atoms with Crippen molar-refractivity contribution in [2.24, 2.45) is 0 Å². The van der Waals surface area contributed by atoms with Gasteiger partial charge in [-0.2, -0.15) is 0 Å². The van der Waals surface area contributed by atoms with Crippen LogP contribution in [-0.4, -0.2) is 37.1 Å². The van der Waals surface area contributed by atoms with Gasteiger partial charge in [-0.3, -0.25) is 0 Å². The summed E-state index contributed by atoms with van der Waals surface area (Å²) in [6.45, 7) is 10.8. The van der Waals surface area contributed by atoms with Gasteiger partial charge in [-0.25, -0.2) is 0 Å².